The van der Waals surface area contributed by atoms with Crippen LogP contribution in [-0.2, 0) is 7.05 Å². The molecule has 1 atom stereocenters. The lowest BCUT2D eigenvalue weighted by Crippen LogP contribution is -2.49. The Kier molecular flexibility index (Phi) is 3.86. The first-order valence-electron chi connectivity index (χ1n) is 8.12. The van der Waals surface area contributed by atoms with E-state index in [-0.39, 0.29) is 11.9 Å². The smallest absolute Gasteiger partial charge is 0.254 e. The second-order valence-corrected chi connectivity index (χ2v) is 5.97. The molecule has 7 heteroatoms. The Morgan fingerprint density at radius 3 is 2.92 bits per heavy atom. The normalized spacial score (nSPS) is 20.0. The summed E-state index contributed by atoms with van der Waals surface area (Å²) in [5, 5.41) is 3.34. The van der Waals surface area contributed by atoms with E-state index < -0.39 is 0 Å². The van der Waals surface area contributed by atoms with E-state index in [4.69, 9.17) is 9.47 Å². The van der Waals surface area contributed by atoms with Crippen LogP contribution in [0.5, 0.6) is 11.5 Å². The fourth-order valence-electron chi connectivity index (χ4n) is 3.22. The molecule has 0 bridgehead atoms. The zero-order valence-corrected chi connectivity index (χ0v) is 13.6. The van der Waals surface area contributed by atoms with Crippen molar-refractivity contribution >= 4 is 5.91 Å². The molecule has 0 aliphatic carbocycles. The molecule has 2 aliphatic heterocycles. The van der Waals surface area contributed by atoms with Crippen LogP contribution in [0.3, 0.4) is 0 Å². The van der Waals surface area contributed by atoms with E-state index in [1.807, 2.05) is 22.7 Å². The first-order chi connectivity index (χ1) is 11.7. The Balaban J connectivity index is 1.63. The number of fused-ring (bicyclic) bond motifs is 1. The summed E-state index contributed by atoms with van der Waals surface area (Å²) in [6.07, 6.45) is 3.66. The average molecular weight is 328 g/mol. The van der Waals surface area contributed by atoms with Crippen LogP contribution in [-0.4, -0.2) is 53.2 Å². The van der Waals surface area contributed by atoms with Crippen LogP contribution < -0.4 is 14.8 Å². The van der Waals surface area contributed by atoms with Gasteiger partial charge in [0.2, 0.25) is 0 Å². The zero-order valence-electron chi connectivity index (χ0n) is 13.6. The van der Waals surface area contributed by atoms with Crippen molar-refractivity contribution in [2.45, 2.75) is 6.04 Å². The highest BCUT2D eigenvalue weighted by Gasteiger charge is 2.31. The molecule has 1 aromatic heterocycles. The zero-order chi connectivity index (χ0) is 16.5. The van der Waals surface area contributed by atoms with Crippen LogP contribution in [0, 0.1) is 0 Å². The lowest BCUT2D eigenvalue weighted by Gasteiger charge is -2.36. The van der Waals surface area contributed by atoms with Crippen LogP contribution in [0.15, 0.2) is 30.6 Å². The molecule has 2 aromatic rings. The van der Waals surface area contributed by atoms with Crippen molar-refractivity contribution in [2.75, 3.05) is 32.8 Å². The Hall–Kier alpha value is -2.54. The van der Waals surface area contributed by atoms with Gasteiger partial charge in [-0.25, -0.2) is 4.98 Å². The molecule has 1 fully saturated rings. The average Bonchev–Trinajstić information content (AvgIpc) is 3.06. The number of imidazole rings is 1. The summed E-state index contributed by atoms with van der Waals surface area (Å²) in [7, 11) is 1.95. The van der Waals surface area contributed by atoms with Crippen molar-refractivity contribution in [3.05, 3.63) is 42.0 Å². The van der Waals surface area contributed by atoms with E-state index in [2.05, 4.69) is 10.3 Å². The Bertz CT molecular complexity index is 758. The fourth-order valence-corrected chi connectivity index (χ4v) is 3.22. The minimum Gasteiger partial charge on any atom is -0.486 e. The molecular weight excluding hydrogens is 308 g/mol. The molecule has 1 amide bonds. The Labute approximate surface area is 140 Å². The largest absolute Gasteiger partial charge is 0.486 e. The SMILES string of the molecule is Cn1ccnc1C1CNCCN1C(=O)c1ccc2c(c1)OCCO2. The van der Waals surface area contributed by atoms with E-state index in [0.29, 0.717) is 43.4 Å². The van der Waals surface area contributed by atoms with Gasteiger partial charge in [-0.3, -0.25) is 4.79 Å². The number of carbonyl (C=O) groups excluding carboxylic acids is 1. The van der Waals surface area contributed by atoms with Crippen molar-refractivity contribution in [2.24, 2.45) is 7.05 Å². The van der Waals surface area contributed by atoms with Crippen molar-refractivity contribution in [1.82, 2.24) is 19.8 Å². The number of amides is 1. The lowest BCUT2D eigenvalue weighted by molar-refractivity contribution is 0.0620. The van der Waals surface area contributed by atoms with E-state index in [1.54, 1.807) is 24.4 Å². The lowest BCUT2D eigenvalue weighted by atomic mass is 10.1. The second-order valence-electron chi connectivity index (χ2n) is 5.97. The van der Waals surface area contributed by atoms with E-state index >= 15 is 0 Å². The predicted molar refractivity (Wildman–Crippen MR) is 87.3 cm³/mol. The van der Waals surface area contributed by atoms with Gasteiger partial charge in [0.05, 0.1) is 0 Å². The van der Waals surface area contributed by atoms with Gasteiger partial charge in [-0.2, -0.15) is 0 Å². The van der Waals surface area contributed by atoms with Gasteiger partial charge in [-0.1, -0.05) is 0 Å². The summed E-state index contributed by atoms with van der Waals surface area (Å²) < 4.78 is 13.1. The van der Waals surface area contributed by atoms with Crippen LogP contribution >= 0.6 is 0 Å². The number of nitrogens with one attached hydrogen (secondary N) is 1. The summed E-state index contributed by atoms with van der Waals surface area (Å²) in [5.41, 5.74) is 0.611. The van der Waals surface area contributed by atoms with Gasteiger partial charge in [0.15, 0.2) is 11.5 Å². The molecule has 4 rings (SSSR count). The second kappa shape index (κ2) is 6.16. The molecule has 1 unspecified atom stereocenters. The number of benzene rings is 1. The highest BCUT2D eigenvalue weighted by atomic mass is 16.6. The Morgan fingerprint density at radius 2 is 2.12 bits per heavy atom. The highest BCUT2D eigenvalue weighted by molar-refractivity contribution is 5.95. The monoisotopic (exact) mass is 328 g/mol. The third-order valence-corrected chi connectivity index (χ3v) is 4.45. The molecule has 0 radical (unpaired) electrons. The van der Waals surface area contributed by atoms with Gasteiger partial charge < -0.3 is 24.3 Å². The Morgan fingerprint density at radius 1 is 1.29 bits per heavy atom. The molecule has 1 N–H and O–H groups in total. The van der Waals surface area contributed by atoms with Gasteiger partial charge in [0.1, 0.15) is 25.1 Å². The molecule has 3 heterocycles. The number of hydrogen-bond acceptors (Lipinski definition) is 5. The van der Waals surface area contributed by atoms with Crippen molar-refractivity contribution in [1.29, 1.82) is 0 Å². The molecule has 7 nitrogen and oxygen atoms in total. The summed E-state index contributed by atoms with van der Waals surface area (Å²) in [6.45, 7) is 3.16. The van der Waals surface area contributed by atoms with E-state index in [1.165, 1.54) is 0 Å². The van der Waals surface area contributed by atoms with Crippen LogP contribution in [0.2, 0.25) is 0 Å². The number of nitrogens with zero attached hydrogens (tertiary/aromatic N) is 3. The number of carbonyl (C=O) groups is 1. The number of rotatable bonds is 2. The predicted octanol–water partition coefficient (Wildman–Crippen LogP) is 0.978. The summed E-state index contributed by atoms with van der Waals surface area (Å²) >= 11 is 0. The number of aromatic nitrogens is 2. The number of hydrogen-bond donors (Lipinski definition) is 1. The number of piperazine rings is 1. The molecule has 1 saturated heterocycles. The van der Waals surface area contributed by atoms with Crippen molar-refractivity contribution in [3.8, 4) is 11.5 Å². The topological polar surface area (TPSA) is 68.6 Å². The highest BCUT2D eigenvalue weighted by Crippen LogP contribution is 2.32. The van der Waals surface area contributed by atoms with E-state index in [9.17, 15) is 4.79 Å². The van der Waals surface area contributed by atoms with Crippen molar-refractivity contribution in [3.63, 3.8) is 0 Å². The van der Waals surface area contributed by atoms with Gasteiger partial charge in [0.25, 0.3) is 5.91 Å². The van der Waals surface area contributed by atoms with E-state index in [0.717, 1.165) is 12.4 Å². The van der Waals surface area contributed by atoms with Gasteiger partial charge >= 0.3 is 0 Å². The minimum absolute atomic E-state index is 0.0125. The van der Waals surface area contributed by atoms with Crippen molar-refractivity contribution < 1.29 is 14.3 Å². The standard InChI is InChI=1S/C17H20N4O3/c1-20-6-5-19-16(20)13-11-18-4-7-21(13)17(22)12-2-3-14-15(10-12)24-9-8-23-14/h2-3,5-6,10,13,18H,4,7-9,11H2,1H3. The molecule has 0 spiro atoms. The molecule has 0 saturated carbocycles. The van der Waals surface area contributed by atoms with Crippen LogP contribution in [0.25, 0.3) is 0 Å². The summed E-state index contributed by atoms with van der Waals surface area (Å²) in [4.78, 5) is 19.4. The summed E-state index contributed by atoms with van der Waals surface area (Å²) in [6, 6.07) is 5.29. The van der Waals surface area contributed by atoms with Crippen LogP contribution in [0.1, 0.15) is 22.2 Å². The molecule has 2 aliphatic rings. The maximum atomic E-state index is 13.1. The quantitative estimate of drug-likeness (QED) is 0.890. The van der Waals surface area contributed by atoms with Gasteiger partial charge in [0, 0.05) is 44.6 Å². The maximum absolute atomic E-state index is 13.1. The third-order valence-electron chi connectivity index (χ3n) is 4.45. The first-order valence-corrected chi connectivity index (χ1v) is 8.12. The number of aryl methyl sites for hydroxylation is 1. The first kappa shape index (κ1) is 15.0. The van der Waals surface area contributed by atoms with Gasteiger partial charge in [-0.15, -0.1) is 0 Å². The molecule has 1 aromatic carbocycles. The third kappa shape index (κ3) is 2.60. The molecule has 24 heavy (non-hydrogen) atoms. The maximum Gasteiger partial charge on any atom is 0.254 e. The fraction of sp³-hybridized carbons (Fsp3) is 0.412. The minimum atomic E-state index is -0.0838. The molecular formula is C17H20N4O3. The summed E-state index contributed by atoms with van der Waals surface area (Å²) in [5.74, 6) is 2.20. The molecule has 126 valence electrons. The number of ether oxygens (including phenoxy) is 2. The van der Waals surface area contributed by atoms with Gasteiger partial charge in [-0.05, 0) is 18.2 Å². The van der Waals surface area contributed by atoms with Crippen LogP contribution in [0.4, 0.5) is 0 Å².